The lowest BCUT2D eigenvalue weighted by molar-refractivity contribution is 0.0746. The number of hydrogen-bond acceptors (Lipinski definition) is 5. The lowest BCUT2D eigenvalue weighted by atomic mass is 10.2. The maximum absolute atomic E-state index is 13.0. The van der Waals surface area contributed by atoms with Crippen molar-refractivity contribution < 1.29 is 4.79 Å². The molecule has 0 fully saturated rings. The molecule has 2 aromatic heterocycles. The van der Waals surface area contributed by atoms with E-state index < -0.39 is 0 Å². The Labute approximate surface area is 159 Å². The largest absolute Gasteiger partial charge is 0.364 e. The molecule has 6 nitrogen and oxygen atoms in total. The number of amides is 1. The van der Waals surface area contributed by atoms with Gasteiger partial charge in [0.05, 0.1) is 12.2 Å². The number of aryl methyl sites for hydroxylation is 1. The summed E-state index contributed by atoms with van der Waals surface area (Å²) < 4.78 is 0. The molecule has 6 heteroatoms. The van der Waals surface area contributed by atoms with Crippen molar-refractivity contribution in [3.63, 3.8) is 0 Å². The minimum absolute atomic E-state index is 0.104. The number of hydrogen-bond donors (Lipinski definition) is 1. The maximum atomic E-state index is 13.0. The molecule has 1 N–H and O–H groups in total. The molecule has 0 atom stereocenters. The van der Waals surface area contributed by atoms with Gasteiger partial charge in [-0.05, 0) is 31.5 Å². The van der Waals surface area contributed by atoms with Crippen LogP contribution in [-0.4, -0.2) is 32.3 Å². The van der Waals surface area contributed by atoms with Gasteiger partial charge in [-0.25, -0.2) is 9.97 Å². The summed E-state index contributed by atoms with van der Waals surface area (Å²) in [6.07, 6.45) is 1.75. The molecule has 0 unspecified atom stereocenters. The van der Waals surface area contributed by atoms with Crippen LogP contribution >= 0.6 is 0 Å². The molecule has 0 radical (unpaired) electrons. The molecule has 3 rings (SSSR count). The first-order valence-corrected chi connectivity index (χ1v) is 8.98. The van der Waals surface area contributed by atoms with Gasteiger partial charge in [-0.3, -0.25) is 9.78 Å². The number of aromatic nitrogens is 3. The monoisotopic (exact) mass is 361 g/mol. The van der Waals surface area contributed by atoms with Gasteiger partial charge >= 0.3 is 0 Å². The molecular weight excluding hydrogens is 338 g/mol. The van der Waals surface area contributed by atoms with E-state index in [9.17, 15) is 4.79 Å². The van der Waals surface area contributed by atoms with E-state index in [1.54, 1.807) is 24.1 Å². The molecule has 0 spiro atoms. The highest BCUT2D eigenvalue weighted by atomic mass is 16.2. The van der Waals surface area contributed by atoms with Gasteiger partial charge in [0.1, 0.15) is 17.3 Å². The predicted octanol–water partition coefficient (Wildman–Crippen LogP) is 3.45. The first-order valence-electron chi connectivity index (χ1n) is 8.98. The second kappa shape index (κ2) is 8.89. The number of benzene rings is 1. The Morgan fingerprint density at radius 3 is 2.56 bits per heavy atom. The Morgan fingerprint density at radius 1 is 1.07 bits per heavy atom. The smallest absolute Gasteiger partial charge is 0.272 e. The van der Waals surface area contributed by atoms with Crippen LogP contribution in [0.1, 0.15) is 34.5 Å². The maximum Gasteiger partial charge on any atom is 0.272 e. The summed E-state index contributed by atoms with van der Waals surface area (Å²) in [5.74, 6) is 1.07. The molecule has 0 aliphatic heterocycles. The zero-order chi connectivity index (χ0) is 19.1. The molecule has 1 aromatic carbocycles. The van der Waals surface area contributed by atoms with E-state index in [4.69, 9.17) is 0 Å². The van der Waals surface area contributed by atoms with Gasteiger partial charge in [-0.1, -0.05) is 36.4 Å². The van der Waals surface area contributed by atoms with E-state index in [1.807, 2.05) is 55.5 Å². The SMILES string of the molecule is CCN(Cc1ccccc1)C(=O)c1cc(NCc2ccccn2)nc(C)n1. The van der Waals surface area contributed by atoms with Crippen molar-refractivity contribution >= 4 is 11.7 Å². The summed E-state index contributed by atoms with van der Waals surface area (Å²) in [5, 5.41) is 3.22. The molecule has 2 heterocycles. The lowest BCUT2D eigenvalue weighted by Crippen LogP contribution is -2.31. The average Bonchev–Trinajstić information content (AvgIpc) is 2.71. The highest BCUT2D eigenvalue weighted by Gasteiger charge is 2.17. The molecule has 0 aliphatic rings. The number of carbonyl (C=O) groups excluding carboxylic acids is 1. The number of nitrogens with zero attached hydrogens (tertiary/aromatic N) is 4. The van der Waals surface area contributed by atoms with Crippen LogP contribution in [0.3, 0.4) is 0 Å². The summed E-state index contributed by atoms with van der Waals surface area (Å²) in [4.78, 5) is 27.7. The quantitative estimate of drug-likeness (QED) is 0.698. The topological polar surface area (TPSA) is 71.0 Å². The van der Waals surface area contributed by atoms with Crippen molar-refractivity contribution in [2.75, 3.05) is 11.9 Å². The Hall–Kier alpha value is -3.28. The van der Waals surface area contributed by atoms with Crippen molar-refractivity contribution in [2.24, 2.45) is 0 Å². The minimum atomic E-state index is -0.104. The highest BCUT2D eigenvalue weighted by Crippen LogP contribution is 2.13. The summed E-state index contributed by atoms with van der Waals surface area (Å²) in [6, 6.07) is 17.4. The molecule has 0 saturated carbocycles. The van der Waals surface area contributed by atoms with E-state index >= 15 is 0 Å². The summed E-state index contributed by atoms with van der Waals surface area (Å²) in [7, 11) is 0. The number of pyridine rings is 1. The van der Waals surface area contributed by atoms with E-state index in [0.29, 0.717) is 37.0 Å². The Morgan fingerprint density at radius 2 is 1.85 bits per heavy atom. The minimum Gasteiger partial charge on any atom is -0.364 e. The number of anilines is 1. The van der Waals surface area contributed by atoms with E-state index in [0.717, 1.165) is 11.3 Å². The Balaban J connectivity index is 1.74. The normalized spacial score (nSPS) is 10.4. The van der Waals surface area contributed by atoms with Crippen LogP contribution in [0.15, 0.2) is 60.8 Å². The van der Waals surface area contributed by atoms with Crippen molar-refractivity contribution in [2.45, 2.75) is 26.9 Å². The fourth-order valence-corrected chi connectivity index (χ4v) is 2.74. The van der Waals surface area contributed by atoms with Gasteiger partial charge in [-0.2, -0.15) is 0 Å². The molecule has 138 valence electrons. The second-order valence-electron chi connectivity index (χ2n) is 6.17. The van der Waals surface area contributed by atoms with E-state index in [-0.39, 0.29) is 5.91 Å². The number of rotatable bonds is 7. The number of carbonyl (C=O) groups is 1. The zero-order valence-corrected chi connectivity index (χ0v) is 15.6. The zero-order valence-electron chi connectivity index (χ0n) is 15.6. The summed E-state index contributed by atoms with van der Waals surface area (Å²) in [6.45, 7) is 5.45. The third-order valence-corrected chi connectivity index (χ3v) is 4.12. The van der Waals surface area contributed by atoms with Crippen LogP contribution in [-0.2, 0) is 13.1 Å². The van der Waals surface area contributed by atoms with Gasteiger partial charge in [0.15, 0.2) is 0 Å². The molecule has 27 heavy (non-hydrogen) atoms. The fourth-order valence-electron chi connectivity index (χ4n) is 2.74. The molecule has 0 saturated heterocycles. The molecular formula is C21H23N5O. The standard InChI is InChI=1S/C21H23N5O/c1-3-26(15-17-9-5-4-6-10-17)21(27)19-13-20(25-16(2)24-19)23-14-18-11-7-8-12-22-18/h4-13H,3,14-15H2,1-2H3,(H,23,24,25). The predicted molar refractivity (Wildman–Crippen MR) is 105 cm³/mol. The van der Waals surface area contributed by atoms with Crippen molar-refractivity contribution in [3.8, 4) is 0 Å². The lowest BCUT2D eigenvalue weighted by Gasteiger charge is -2.21. The average molecular weight is 361 g/mol. The third-order valence-electron chi connectivity index (χ3n) is 4.12. The van der Waals surface area contributed by atoms with Gasteiger partial charge in [0.25, 0.3) is 5.91 Å². The second-order valence-corrected chi connectivity index (χ2v) is 6.17. The molecule has 0 aliphatic carbocycles. The van der Waals surface area contributed by atoms with Crippen LogP contribution in [0.25, 0.3) is 0 Å². The summed E-state index contributed by atoms with van der Waals surface area (Å²) in [5.41, 5.74) is 2.39. The first kappa shape index (κ1) is 18.5. The highest BCUT2D eigenvalue weighted by molar-refractivity contribution is 5.93. The third kappa shape index (κ3) is 5.10. The van der Waals surface area contributed by atoms with Gasteiger partial charge < -0.3 is 10.2 Å². The van der Waals surface area contributed by atoms with Crippen LogP contribution in [0.2, 0.25) is 0 Å². The Kier molecular flexibility index (Phi) is 6.10. The van der Waals surface area contributed by atoms with E-state index in [2.05, 4.69) is 20.3 Å². The van der Waals surface area contributed by atoms with Crippen LogP contribution in [0.4, 0.5) is 5.82 Å². The van der Waals surface area contributed by atoms with Crippen molar-refractivity contribution in [3.05, 3.63) is 83.6 Å². The van der Waals surface area contributed by atoms with Gasteiger partial charge in [0.2, 0.25) is 0 Å². The van der Waals surface area contributed by atoms with Crippen LogP contribution in [0, 0.1) is 6.92 Å². The van der Waals surface area contributed by atoms with Crippen LogP contribution in [0.5, 0.6) is 0 Å². The fraction of sp³-hybridized carbons (Fsp3) is 0.238. The Bertz CT molecular complexity index is 884. The van der Waals surface area contributed by atoms with Crippen molar-refractivity contribution in [1.82, 2.24) is 19.9 Å². The molecule has 0 bridgehead atoms. The van der Waals surface area contributed by atoms with Crippen molar-refractivity contribution in [1.29, 1.82) is 0 Å². The number of nitrogens with one attached hydrogen (secondary N) is 1. The van der Waals surface area contributed by atoms with E-state index in [1.165, 1.54) is 0 Å². The van der Waals surface area contributed by atoms with Gasteiger partial charge in [0, 0.05) is 25.4 Å². The summed E-state index contributed by atoms with van der Waals surface area (Å²) >= 11 is 0. The molecule has 1 amide bonds. The van der Waals surface area contributed by atoms with Crippen LogP contribution < -0.4 is 5.32 Å². The van der Waals surface area contributed by atoms with Gasteiger partial charge in [-0.15, -0.1) is 0 Å². The molecule has 3 aromatic rings. The first-order chi connectivity index (χ1) is 13.2.